The number of halogens is 2. The normalized spacial score (nSPS) is 10.5. The molecular formula is C21H23F2NO5. The third kappa shape index (κ3) is 8.16. The number of ether oxygens (including phenoxy) is 3. The van der Waals surface area contributed by atoms with Crippen molar-refractivity contribution in [1.82, 2.24) is 5.32 Å². The van der Waals surface area contributed by atoms with E-state index in [1.54, 1.807) is 12.1 Å². The smallest absolute Gasteiger partial charge is 0.387 e. The summed E-state index contributed by atoms with van der Waals surface area (Å²) < 4.78 is 39.0. The van der Waals surface area contributed by atoms with E-state index < -0.39 is 18.5 Å². The highest BCUT2D eigenvalue weighted by atomic mass is 19.3. The highest BCUT2D eigenvalue weighted by molar-refractivity contribution is 5.80. The van der Waals surface area contributed by atoms with Crippen LogP contribution >= 0.6 is 0 Å². The van der Waals surface area contributed by atoms with E-state index in [0.29, 0.717) is 19.4 Å². The van der Waals surface area contributed by atoms with Crippen molar-refractivity contribution in [2.24, 2.45) is 0 Å². The third-order valence-electron chi connectivity index (χ3n) is 4.00. The summed E-state index contributed by atoms with van der Waals surface area (Å²) in [6.07, 6.45) is 1.19. The van der Waals surface area contributed by atoms with Gasteiger partial charge in [0.05, 0.1) is 7.11 Å². The van der Waals surface area contributed by atoms with Gasteiger partial charge < -0.3 is 19.5 Å². The third-order valence-corrected chi connectivity index (χ3v) is 4.00. The van der Waals surface area contributed by atoms with Crippen LogP contribution in [-0.2, 0) is 27.2 Å². The van der Waals surface area contributed by atoms with Crippen molar-refractivity contribution in [2.45, 2.75) is 25.9 Å². The molecule has 0 bridgehead atoms. The van der Waals surface area contributed by atoms with E-state index in [4.69, 9.17) is 9.47 Å². The average molecular weight is 407 g/mol. The Bertz CT molecular complexity index is 799. The largest absolute Gasteiger partial charge is 0.493 e. The van der Waals surface area contributed by atoms with Crippen LogP contribution in [0.4, 0.5) is 8.78 Å². The molecule has 8 heteroatoms. The van der Waals surface area contributed by atoms with Crippen molar-refractivity contribution in [3.05, 3.63) is 59.7 Å². The maximum Gasteiger partial charge on any atom is 0.387 e. The summed E-state index contributed by atoms with van der Waals surface area (Å²) in [6.45, 7) is -3.00. The fourth-order valence-electron chi connectivity index (χ4n) is 2.57. The van der Waals surface area contributed by atoms with Crippen molar-refractivity contribution in [1.29, 1.82) is 0 Å². The van der Waals surface area contributed by atoms with Crippen LogP contribution in [0.3, 0.4) is 0 Å². The molecule has 0 radical (unpaired) electrons. The Morgan fingerprint density at radius 3 is 2.45 bits per heavy atom. The first-order valence-electron chi connectivity index (χ1n) is 9.06. The van der Waals surface area contributed by atoms with Gasteiger partial charge in [-0.2, -0.15) is 8.78 Å². The lowest BCUT2D eigenvalue weighted by Crippen LogP contribution is -2.30. The van der Waals surface area contributed by atoms with Gasteiger partial charge >= 0.3 is 12.6 Å². The molecule has 2 aromatic carbocycles. The van der Waals surface area contributed by atoms with Gasteiger partial charge in [0.1, 0.15) is 0 Å². The molecule has 0 aliphatic rings. The molecule has 0 saturated heterocycles. The molecule has 1 N–H and O–H groups in total. The molecule has 6 nitrogen and oxygen atoms in total. The highest BCUT2D eigenvalue weighted by Crippen LogP contribution is 2.29. The molecule has 0 aliphatic carbocycles. The van der Waals surface area contributed by atoms with Crippen LogP contribution in [0.2, 0.25) is 0 Å². The summed E-state index contributed by atoms with van der Waals surface area (Å²) >= 11 is 0. The predicted molar refractivity (Wildman–Crippen MR) is 102 cm³/mol. The van der Waals surface area contributed by atoms with Gasteiger partial charge in [0.15, 0.2) is 18.1 Å². The van der Waals surface area contributed by atoms with Crippen LogP contribution in [-0.4, -0.2) is 38.7 Å². The molecule has 156 valence electrons. The zero-order valence-electron chi connectivity index (χ0n) is 16.0. The first kappa shape index (κ1) is 22.1. The summed E-state index contributed by atoms with van der Waals surface area (Å²) in [7, 11) is 1.35. The number of carbonyl (C=O) groups excluding carboxylic acids is 2. The van der Waals surface area contributed by atoms with Gasteiger partial charge in [-0.25, -0.2) is 0 Å². The quantitative estimate of drug-likeness (QED) is 0.580. The van der Waals surface area contributed by atoms with Crippen molar-refractivity contribution in [3.8, 4) is 11.5 Å². The molecule has 0 heterocycles. The molecule has 0 atom stereocenters. The van der Waals surface area contributed by atoms with E-state index in [0.717, 1.165) is 11.1 Å². The van der Waals surface area contributed by atoms with Crippen LogP contribution in [0, 0.1) is 0 Å². The molecule has 29 heavy (non-hydrogen) atoms. The minimum Gasteiger partial charge on any atom is -0.493 e. The second-order valence-electron chi connectivity index (χ2n) is 6.11. The Balaban J connectivity index is 1.68. The summed E-state index contributed by atoms with van der Waals surface area (Å²) in [4.78, 5) is 23.5. The number of carbonyl (C=O) groups is 2. The molecule has 0 saturated carbocycles. The molecule has 0 spiro atoms. The maximum atomic E-state index is 12.3. The predicted octanol–water partition coefficient (Wildman–Crippen LogP) is 3.13. The Morgan fingerprint density at radius 1 is 1.00 bits per heavy atom. The highest BCUT2D eigenvalue weighted by Gasteiger charge is 2.12. The average Bonchev–Trinajstić information content (AvgIpc) is 2.72. The van der Waals surface area contributed by atoms with Gasteiger partial charge in [0.25, 0.3) is 5.91 Å². The van der Waals surface area contributed by atoms with Crippen LogP contribution in [0.15, 0.2) is 48.5 Å². The number of esters is 1. The zero-order chi connectivity index (χ0) is 21.1. The molecule has 2 rings (SSSR count). The van der Waals surface area contributed by atoms with E-state index in [9.17, 15) is 18.4 Å². The molecule has 1 amide bonds. The number of nitrogens with one attached hydrogen (secondary N) is 1. The van der Waals surface area contributed by atoms with Gasteiger partial charge in [-0.05, 0) is 36.1 Å². The molecule has 2 aromatic rings. The van der Waals surface area contributed by atoms with E-state index in [1.807, 2.05) is 30.3 Å². The van der Waals surface area contributed by atoms with Crippen molar-refractivity contribution < 1.29 is 32.6 Å². The van der Waals surface area contributed by atoms with Crippen LogP contribution < -0.4 is 14.8 Å². The second kappa shape index (κ2) is 11.6. The van der Waals surface area contributed by atoms with Crippen LogP contribution in [0.1, 0.15) is 17.5 Å². The second-order valence-corrected chi connectivity index (χ2v) is 6.11. The van der Waals surface area contributed by atoms with E-state index in [-0.39, 0.29) is 24.5 Å². The number of amides is 1. The number of methoxy groups -OCH3 is 1. The monoisotopic (exact) mass is 407 g/mol. The van der Waals surface area contributed by atoms with Gasteiger partial charge in [-0.1, -0.05) is 36.4 Å². The number of aryl methyl sites for hydroxylation is 1. The van der Waals surface area contributed by atoms with Gasteiger partial charge in [-0.3, -0.25) is 9.59 Å². The summed E-state index contributed by atoms with van der Waals surface area (Å²) in [6, 6.07) is 14.1. The molecule has 0 unspecified atom stereocenters. The first-order valence-corrected chi connectivity index (χ1v) is 9.06. The molecule has 0 aliphatic heterocycles. The van der Waals surface area contributed by atoms with Crippen LogP contribution in [0.5, 0.6) is 11.5 Å². The molecular weight excluding hydrogens is 384 g/mol. The molecule has 0 fully saturated rings. The SMILES string of the molecule is COc1cc(CCNC(=O)COC(=O)CCc2ccccc2)ccc1OC(F)F. The van der Waals surface area contributed by atoms with E-state index in [1.165, 1.54) is 13.2 Å². The minimum absolute atomic E-state index is 0.0577. The van der Waals surface area contributed by atoms with Crippen LogP contribution in [0.25, 0.3) is 0 Å². The number of benzene rings is 2. The fraction of sp³-hybridized carbons (Fsp3) is 0.333. The maximum absolute atomic E-state index is 12.3. The summed E-state index contributed by atoms with van der Waals surface area (Å²) in [5.41, 5.74) is 1.79. The van der Waals surface area contributed by atoms with E-state index in [2.05, 4.69) is 10.1 Å². The summed E-state index contributed by atoms with van der Waals surface area (Å²) in [5, 5.41) is 2.64. The van der Waals surface area contributed by atoms with Crippen molar-refractivity contribution >= 4 is 11.9 Å². The first-order chi connectivity index (χ1) is 14.0. The number of rotatable bonds is 11. The van der Waals surface area contributed by atoms with Gasteiger partial charge in [0, 0.05) is 13.0 Å². The molecule has 0 aromatic heterocycles. The Hall–Kier alpha value is -3.16. The standard InChI is InChI=1S/C21H23F2NO5/c1-27-18-13-16(7-9-17(18)29-21(22)23)11-12-24-19(25)14-28-20(26)10-8-15-5-3-2-4-6-15/h2-7,9,13,21H,8,10-12,14H2,1H3,(H,24,25). The van der Waals surface area contributed by atoms with Gasteiger partial charge in [-0.15, -0.1) is 0 Å². The number of hydrogen-bond acceptors (Lipinski definition) is 5. The minimum atomic E-state index is -2.94. The van der Waals surface area contributed by atoms with Gasteiger partial charge in [0.2, 0.25) is 0 Å². The Labute approximate surface area is 167 Å². The Kier molecular flexibility index (Phi) is 8.88. The fourth-order valence-corrected chi connectivity index (χ4v) is 2.57. The van der Waals surface area contributed by atoms with Crippen molar-refractivity contribution in [2.75, 3.05) is 20.3 Å². The number of alkyl halides is 2. The number of hydrogen-bond donors (Lipinski definition) is 1. The lowest BCUT2D eigenvalue weighted by Gasteiger charge is -2.12. The topological polar surface area (TPSA) is 73.9 Å². The Morgan fingerprint density at radius 2 is 1.76 bits per heavy atom. The van der Waals surface area contributed by atoms with Crippen molar-refractivity contribution in [3.63, 3.8) is 0 Å². The lowest BCUT2D eigenvalue weighted by molar-refractivity contribution is -0.148. The van der Waals surface area contributed by atoms with E-state index >= 15 is 0 Å². The lowest BCUT2D eigenvalue weighted by atomic mass is 10.1. The summed E-state index contributed by atoms with van der Waals surface area (Å²) in [5.74, 6) is -0.731. The zero-order valence-corrected chi connectivity index (χ0v) is 16.0.